The number of halogens is 1. The highest BCUT2D eigenvalue weighted by Gasteiger charge is 2.13. The van der Waals surface area contributed by atoms with Crippen LogP contribution < -0.4 is 21.3 Å². The number of benzene rings is 2. The van der Waals surface area contributed by atoms with Crippen LogP contribution >= 0.6 is 11.6 Å². The molecule has 0 atom stereocenters. The lowest BCUT2D eigenvalue weighted by atomic mass is 10.1. The second-order valence-electron chi connectivity index (χ2n) is 6.70. The Morgan fingerprint density at radius 3 is 2.53 bits per heavy atom. The summed E-state index contributed by atoms with van der Waals surface area (Å²) < 4.78 is 5.39. The van der Waals surface area contributed by atoms with E-state index in [-0.39, 0.29) is 0 Å². The molecule has 1 aliphatic rings. The molecule has 8 nitrogen and oxygen atoms in total. The largest absolute Gasteiger partial charge is 0.378 e. The molecule has 0 aliphatic carbocycles. The summed E-state index contributed by atoms with van der Waals surface area (Å²) in [6.45, 7) is 3.25. The lowest BCUT2D eigenvalue weighted by molar-refractivity contribution is 0.100. The molecule has 2 aromatic carbocycles. The number of nitrogens with one attached hydrogen (secondary N) is 2. The number of nitrogens with zero attached hydrogens (tertiary/aromatic N) is 3. The summed E-state index contributed by atoms with van der Waals surface area (Å²) in [6, 6.07) is 14.9. The smallest absolute Gasteiger partial charge is 0.250 e. The number of primary amides is 1. The van der Waals surface area contributed by atoms with Gasteiger partial charge < -0.3 is 26.0 Å². The van der Waals surface area contributed by atoms with Crippen molar-refractivity contribution in [2.24, 2.45) is 5.73 Å². The van der Waals surface area contributed by atoms with Crippen molar-refractivity contribution in [2.75, 3.05) is 41.8 Å². The van der Waals surface area contributed by atoms with Gasteiger partial charge in [-0.15, -0.1) is 0 Å². The Balaban J connectivity index is 1.50. The van der Waals surface area contributed by atoms with Crippen molar-refractivity contribution in [1.82, 2.24) is 9.97 Å². The van der Waals surface area contributed by atoms with Gasteiger partial charge in [0.2, 0.25) is 5.95 Å². The molecule has 0 bridgehead atoms. The van der Waals surface area contributed by atoms with Crippen LogP contribution in [0.3, 0.4) is 0 Å². The number of aromatic nitrogens is 2. The first-order valence-electron chi connectivity index (χ1n) is 9.48. The van der Waals surface area contributed by atoms with Gasteiger partial charge in [-0.25, -0.2) is 4.98 Å². The number of morpholine rings is 1. The van der Waals surface area contributed by atoms with Crippen LogP contribution in [0, 0.1) is 0 Å². The molecule has 30 heavy (non-hydrogen) atoms. The van der Waals surface area contributed by atoms with E-state index >= 15 is 0 Å². The van der Waals surface area contributed by atoms with Crippen molar-refractivity contribution in [3.8, 4) is 0 Å². The monoisotopic (exact) mass is 424 g/mol. The van der Waals surface area contributed by atoms with Gasteiger partial charge in [-0.3, -0.25) is 4.79 Å². The van der Waals surface area contributed by atoms with E-state index in [1.54, 1.807) is 24.3 Å². The summed E-state index contributed by atoms with van der Waals surface area (Å²) in [7, 11) is 0. The van der Waals surface area contributed by atoms with Crippen molar-refractivity contribution in [2.45, 2.75) is 0 Å². The SMILES string of the molecule is NC(=O)c1ccccc1Nc1nc(Nc2ccc(N3CCOCC3)cc2)ncc1Cl. The number of anilines is 5. The van der Waals surface area contributed by atoms with E-state index in [1.807, 2.05) is 24.3 Å². The molecule has 154 valence electrons. The van der Waals surface area contributed by atoms with E-state index in [4.69, 9.17) is 22.1 Å². The first-order chi connectivity index (χ1) is 14.6. The number of carbonyl (C=O) groups excluding carboxylic acids is 1. The van der Waals surface area contributed by atoms with E-state index in [2.05, 4.69) is 25.5 Å². The third kappa shape index (κ3) is 4.61. The molecular weight excluding hydrogens is 404 g/mol. The Hall–Kier alpha value is -3.36. The van der Waals surface area contributed by atoms with Crippen LogP contribution in [-0.4, -0.2) is 42.2 Å². The van der Waals surface area contributed by atoms with Crippen molar-refractivity contribution in [3.63, 3.8) is 0 Å². The number of nitrogens with two attached hydrogens (primary N) is 1. The zero-order chi connectivity index (χ0) is 20.9. The van der Waals surface area contributed by atoms with Gasteiger partial charge in [0, 0.05) is 24.5 Å². The number of hydrogen-bond acceptors (Lipinski definition) is 7. The molecule has 0 spiro atoms. The molecule has 3 aromatic rings. The van der Waals surface area contributed by atoms with E-state index in [1.165, 1.54) is 6.20 Å². The van der Waals surface area contributed by atoms with Crippen LogP contribution in [0.5, 0.6) is 0 Å². The molecule has 2 heterocycles. The number of ether oxygens (including phenoxy) is 1. The topological polar surface area (TPSA) is 105 Å². The Labute approximate surface area is 179 Å². The third-order valence-electron chi connectivity index (χ3n) is 4.69. The Morgan fingerprint density at radius 2 is 1.80 bits per heavy atom. The van der Waals surface area contributed by atoms with Crippen LogP contribution in [0.2, 0.25) is 5.02 Å². The van der Waals surface area contributed by atoms with Crippen molar-refractivity contribution in [1.29, 1.82) is 0 Å². The van der Waals surface area contributed by atoms with E-state index in [9.17, 15) is 4.79 Å². The number of para-hydroxylation sites is 1. The molecule has 0 radical (unpaired) electrons. The van der Waals surface area contributed by atoms with Gasteiger partial charge >= 0.3 is 0 Å². The minimum absolute atomic E-state index is 0.322. The van der Waals surface area contributed by atoms with Crippen molar-refractivity contribution >= 4 is 46.3 Å². The van der Waals surface area contributed by atoms with Crippen LogP contribution in [0.4, 0.5) is 28.8 Å². The van der Waals surface area contributed by atoms with Gasteiger partial charge in [0.15, 0.2) is 5.82 Å². The lowest BCUT2D eigenvalue weighted by Crippen LogP contribution is -2.36. The first kappa shape index (κ1) is 19.9. The fourth-order valence-electron chi connectivity index (χ4n) is 3.16. The maximum absolute atomic E-state index is 11.6. The van der Waals surface area contributed by atoms with Gasteiger partial charge in [-0.2, -0.15) is 4.98 Å². The Bertz CT molecular complexity index is 1040. The van der Waals surface area contributed by atoms with Crippen LogP contribution in [0.15, 0.2) is 54.7 Å². The summed E-state index contributed by atoms with van der Waals surface area (Å²) in [5, 5.41) is 6.55. The fourth-order valence-corrected chi connectivity index (χ4v) is 3.29. The van der Waals surface area contributed by atoms with Gasteiger partial charge in [-0.05, 0) is 36.4 Å². The predicted molar refractivity (Wildman–Crippen MR) is 118 cm³/mol. The molecule has 1 saturated heterocycles. The minimum Gasteiger partial charge on any atom is -0.378 e. The van der Waals surface area contributed by atoms with Crippen molar-refractivity contribution in [3.05, 3.63) is 65.3 Å². The number of carbonyl (C=O) groups is 1. The van der Waals surface area contributed by atoms with Gasteiger partial charge in [-0.1, -0.05) is 23.7 Å². The maximum Gasteiger partial charge on any atom is 0.250 e. The molecule has 1 aromatic heterocycles. The molecule has 4 N–H and O–H groups in total. The molecule has 0 unspecified atom stereocenters. The quantitative estimate of drug-likeness (QED) is 0.555. The highest BCUT2D eigenvalue weighted by molar-refractivity contribution is 6.33. The Morgan fingerprint density at radius 1 is 1.07 bits per heavy atom. The highest BCUT2D eigenvalue weighted by Crippen LogP contribution is 2.27. The normalized spacial score (nSPS) is 13.7. The summed E-state index contributed by atoms with van der Waals surface area (Å²) in [5.41, 5.74) is 8.29. The summed E-state index contributed by atoms with van der Waals surface area (Å²) >= 11 is 6.24. The molecular formula is C21H21ClN6O2. The first-order valence-corrected chi connectivity index (χ1v) is 9.86. The molecule has 9 heteroatoms. The summed E-state index contributed by atoms with van der Waals surface area (Å²) in [5.74, 6) is 0.201. The zero-order valence-corrected chi connectivity index (χ0v) is 16.9. The van der Waals surface area contributed by atoms with E-state index < -0.39 is 5.91 Å². The van der Waals surface area contributed by atoms with E-state index in [0.29, 0.717) is 28.0 Å². The van der Waals surface area contributed by atoms with Gasteiger partial charge in [0.05, 0.1) is 30.7 Å². The van der Waals surface area contributed by atoms with Gasteiger partial charge in [0.1, 0.15) is 5.02 Å². The lowest BCUT2D eigenvalue weighted by Gasteiger charge is -2.28. The molecule has 1 fully saturated rings. The summed E-state index contributed by atoms with van der Waals surface area (Å²) in [6.07, 6.45) is 1.49. The predicted octanol–water partition coefficient (Wildman–Crippen LogP) is 3.55. The third-order valence-corrected chi connectivity index (χ3v) is 4.97. The average Bonchev–Trinajstić information content (AvgIpc) is 2.77. The highest BCUT2D eigenvalue weighted by atomic mass is 35.5. The van der Waals surface area contributed by atoms with Crippen LogP contribution in [-0.2, 0) is 4.74 Å². The van der Waals surface area contributed by atoms with Crippen molar-refractivity contribution < 1.29 is 9.53 Å². The molecule has 1 aliphatic heterocycles. The average molecular weight is 425 g/mol. The number of hydrogen-bond donors (Lipinski definition) is 3. The standard InChI is InChI=1S/C21H21ClN6O2/c22-17-13-24-21(27-20(17)26-18-4-2-1-3-16(18)19(23)29)25-14-5-7-15(8-6-14)28-9-11-30-12-10-28/h1-8,13H,9-12H2,(H2,23,29)(H2,24,25,26,27). The Kier molecular flexibility index (Phi) is 5.97. The molecule has 0 saturated carbocycles. The van der Waals surface area contributed by atoms with Gasteiger partial charge in [0.25, 0.3) is 5.91 Å². The fraction of sp³-hybridized carbons (Fsp3) is 0.190. The zero-order valence-electron chi connectivity index (χ0n) is 16.1. The molecule has 1 amide bonds. The minimum atomic E-state index is -0.540. The number of rotatable bonds is 6. The number of amides is 1. The van der Waals surface area contributed by atoms with Crippen LogP contribution in [0.25, 0.3) is 0 Å². The summed E-state index contributed by atoms with van der Waals surface area (Å²) in [4.78, 5) is 22.6. The second kappa shape index (κ2) is 8.98. The van der Waals surface area contributed by atoms with Crippen LogP contribution in [0.1, 0.15) is 10.4 Å². The molecule has 4 rings (SSSR count). The van der Waals surface area contributed by atoms with E-state index in [0.717, 1.165) is 37.7 Å². The second-order valence-corrected chi connectivity index (χ2v) is 7.10. The maximum atomic E-state index is 11.6.